The van der Waals surface area contributed by atoms with Gasteiger partial charge in [-0.25, -0.2) is 0 Å². The molecule has 3 saturated carbocycles. The fraction of sp³-hybridized carbons (Fsp3) is 0.867. The van der Waals surface area contributed by atoms with Gasteiger partial charge < -0.3 is 5.32 Å². The van der Waals surface area contributed by atoms with E-state index in [1.54, 1.807) is 0 Å². The maximum atomic E-state index is 4.07. The highest BCUT2D eigenvalue weighted by Gasteiger charge is 2.63. The molecule has 3 fully saturated rings. The SMILES string of the molecule is C=CC12CC3CC[C@@H](NC(C)C)CC(C1)C32. The third kappa shape index (κ3) is 1.40. The fourth-order valence-electron chi connectivity index (χ4n) is 4.92. The largest absolute Gasteiger partial charge is 0.312 e. The van der Waals surface area contributed by atoms with Gasteiger partial charge in [0.25, 0.3) is 0 Å². The van der Waals surface area contributed by atoms with Crippen molar-refractivity contribution in [1.82, 2.24) is 5.32 Å². The molecular formula is C15H25N. The predicted octanol–water partition coefficient (Wildman–Crippen LogP) is 3.37. The lowest BCUT2D eigenvalue weighted by atomic mass is 9.38. The van der Waals surface area contributed by atoms with E-state index in [0.29, 0.717) is 11.5 Å². The summed E-state index contributed by atoms with van der Waals surface area (Å²) in [4.78, 5) is 0. The zero-order valence-electron chi connectivity index (χ0n) is 10.7. The van der Waals surface area contributed by atoms with Gasteiger partial charge in [-0.1, -0.05) is 19.9 Å². The molecule has 0 spiro atoms. The zero-order valence-corrected chi connectivity index (χ0v) is 10.7. The highest BCUT2D eigenvalue weighted by Crippen LogP contribution is 2.70. The van der Waals surface area contributed by atoms with Crippen molar-refractivity contribution in [1.29, 1.82) is 0 Å². The molecule has 0 radical (unpaired) electrons. The van der Waals surface area contributed by atoms with Crippen LogP contribution in [0.1, 0.15) is 46.0 Å². The van der Waals surface area contributed by atoms with E-state index in [-0.39, 0.29) is 0 Å². The smallest absolute Gasteiger partial charge is 0.00722 e. The van der Waals surface area contributed by atoms with Crippen molar-refractivity contribution in [3.05, 3.63) is 12.7 Å². The Balaban J connectivity index is 1.66. The summed E-state index contributed by atoms with van der Waals surface area (Å²) in [7, 11) is 0. The third-order valence-corrected chi connectivity index (χ3v) is 5.41. The lowest BCUT2D eigenvalue weighted by Gasteiger charge is -2.66. The molecule has 5 atom stereocenters. The quantitative estimate of drug-likeness (QED) is 0.718. The van der Waals surface area contributed by atoms with E-state index in [0.717, 1.165) is 23.8 Å². The van der Waals surface area contributed by atoms with E-state index in [4.69, 9.17) is 0 Å². The molecule has 0 bridgehead atoms. The van der Waals surface area contributed by atoms with Crippen molar-refractivity contribution >= 4 is 0 Å². The summed E-state index contributed by atoms with van der Waals surface area (Å²) >= 11 is 0. The standard InChI is InChI=1S/C15H25N/c1-4-15-8-11-5-6-13(16-10(2)3)7-12(9-15)14(11)15/h4,10-14,16H,1,5-9H2,2-3H3/t11?,12?,13-,14?,15?/m1/s1. The van der Waals surface area contributed by atoms with Gasteiger partial charge in [0.2, 0.25) is 0 Å². The number of hydrogen-bond acceptors (Lipinski definition) is 1. The Morgan fingerprint density at radius 2 is 2.00 bits per heavy atom. The molecule has 1 nitrogen and oxygen atoms in total. The highest BCUT2D eigenvalue weighted by atomic mass is 14.9. The molecule has 1 N–H and O–H groups in total. The number of nitrogens with one attached hydrogen (secondary N) is 1. The molecule has 0 amide bonds. The summed E-state index contributed by atoms with van der Waals surface area (Å²) < 4.78 is 0. The van der Waals surface area contributed by atoms with Gasteiger partial charge in [-0.15, -0.1) is 6.58 Å². The van der Waals surface area contributed by atoms with Crippen LogP contribution in [0, 0.1) is 23.2 Å². The van der Waals surface area contributed by atoms with Crippen molar-refractivity contribution in [2.75, 3.05) is 0 Å². The summed E-state index contributed by atoms with van der Waals surface area (Å²) in [6.07, 6.45) is 9.46. The first-order valence-corrected chi connectivity index (χ1v) is 7.04. The molecule has 0 saturated heterocycles. The van der Waals surface area contributed by atoms with Crippen LogP contribution in [0.5, 0.6) is 0 Å². The first kappa shape index (κ1) is 10.8. The van der Waals surface area contributed by atoms with Crippen LogP contribution in [0.3, 0.4) is 0 Å². The molecule has 0 aromatic rings. The molecular weight excluding hydrogens is 194 g/mol. The average Bonchev–Trinajstić information content (AvgIpc) is 2.26. The van der Waals surface area contributed by atoms with Gasteiger partial charge in [0, 0.05) is 12.1 Å². The van der Waals surface area contributed by atoms with Crippen LogP contribution in [0.25, 0.3) is 0 Å². The number of rotatable bonds is 3. The van der Waals surface area contributed by atoms with Crippen LogP contribution < -0.4 is 5.32 Å². The minimum Gasteiger partial charge on any atom is -0.312 e. The lowest BCUT2D eigenvalue weighted by Crippen LogP contribution is -2.59. The molecule has 0 aromatic heterocycles. The van der Waals surface area contributed by atoms with Crippen LogP contribution in [0.15, 0.2) is 12.7 Å². The summed E-state index contributed by atoms with van der Waals surface area (Å²) in [5.41, 5.74) is 0.599. The molecule has 3 aliphatic rings. The fourth-order valence-corrected chi connectivity index (χ4v) is 4.92. The maximum absolute atomic E-state index is 4.07. The van der Waals surface area contributed by atoms with Gasteiger partial charge >= 0.3 is 0 Å². The Kier molecular flexibility index (Phi) is 2.43. The van der Waals surface area contributed by atoms with Crippen molar-refractivity contribution in [2.45, 2.75) is 58.0 Å². The summed E-state index contributed by atoms with van der Waals surface area (Å²) in [5.74, 6) is 3.06. The van der Waals surface area contributed by atoms with E-state index in [2.05, 4.69) is 31.8 Å². The van der Waals surface area contributed by atoms with Crippen LogP contribution in [-0.2, 0) is 0 Å². The van der Waals surface area contributed by atoms with E-state index in [9.17, 15) is 0 Å². The Bertz CT molecular complexity index is 296. The minimum atomic E-state index is 0.599. The van der Waals surface area contributed by atoms with Crippen LogP contribution in [0.4, 0.5) is 0 Å². The van der Waals surface area contributed by atoms with Crippen molar-refractivity contribution < 1.29 is 0 Å². The topological polar surface area (TPSA) is 12.0 Å². The summed E-state index contributed by atoms with van der Waals surface area (Å²) in [6, 6.07) is 1.43. The minimum absolute atomic E-state index is 0.599. The van der Waals surface area contributed by atoms with Gasteiger partial charge in [0.05, 0.1) is 0 Å². The number of allylic oxidation sites excluding steroid dienone is 1. The van der Waals surface area contributed by atoms with Gasteiger partial charge in [-0.3, -0.25) is 0 Å². The van der Waals surface area contributed by atoms with Crippen molar-refractivity contribution in [3.63, 3.8) is 0 Å². The molecule has 3 rings (SSSR count). The molecule has 16 heavy (non-hydrogen) atoms. The first-order valence-electron chi connectivity index (χ1n) is 7.04. The van der Waals surface area contributed by atoms with Gasteiger partial charge in [0.15, 0.2) is 0 Å². The Labute approximate surface area is 99.7 Å². The summed E-state index contributed by atoms with van der Waals surface area (Å²) in [6.45, 7) is 8.61. The monoisotopic (exact) mass is 219 g/mol. The maximum Gasteiger partial charge on any atom is 0.00722 e. The molecule has 0 aromatic carbocycles. The second kappa shape index (κ2) is 3.60. The van der Waals surface area contributed by atoms with Crippen molar-refractivity contribution in [3.8, 4) is 0 Å². The normalized spacial score (nSPS) is 49.9. The second-order valence-corrected chi connectivity index (χ2v) is 6.72. The zero-order chi connectivity index (χ0) is 11.3. The first-order chi connectivity index (χ1) is 7.64. The van der Waals surface area contributed by atoms with Crippen LogP contribution in [-0.4, -0.2) is 12.1 Å². The highest BCUT2D eigenvalue weighted by molar-refractivity contribution is 5.20. The van der Waals surface area contributed by atoms with Gasteiger partial charge in [0.1, 0.15) is 0 Å². The van der Waals surface area contributed by atoms with E-state index in [1.807, 2.05) is 0 Å². The van der Waals surface area contributed by atoms with E-state index < -0.39 is 0 Å². The lowest BCUT2D eigenvalue weighted by molar-refractivity contribution is -0.148. The van der Waals surface area contributed by atoms with E-state index >= 15 is 0 Å². The van der Waals surface area contributed by atoms with Crippen LogP contribution >= 0.6 is 0 Å². The van der Waals surface area contributed by atoms with Crippen LogP contribution in [0.2, 0.25) is 0 Å². The van der Waals surface area contributed by atoms with Gasteiger partial charge in [-0.2, -0.15) is 0 Å². The molecule has 0 heterocycles. The Morgan fingerprint density at radius 1 is 1.25 bits per heavy atom. The predicted molar refractivity (Wildman–Crippen MR) is 68.2 cm³/mol. The molecule has 90 valence electrons. The van der Waals surface area contributed by atoms with Gasteiger partial charge in [-0.05, 0) is 55.3 Å². The molecule has 0 aliphatic heterocycles. The molecule has 3 aliphatic carbocycles. The second-order valence-electron chi connectivity index (χ2n) is 6.72. The Hall–Kier alpha value is -0.300. The molecule has 1 heteroatoms. The average molecular weight is 219 g/mol. The molecule has 4 unspecified atom stereocenters. The number of hydrogen-bond donors (Lipinski definition) is 1. The van der Waals surface area contributed by atoms with Crippen molar-refractivity contribution in [2.24, 2.45) is 23.2 Å². The summed E-state index contributed by atoms with van der Waals surface area (Å²) in [5, 5.41) is 3.75. The van der Waals surface area contributed by atoms with E-state index in [1.165, 1.54) is 32.1 Å². The third-order valence-electron chi connectivity index (χ3n) is 5.41. The Morgan fingerprint density at radius 3 is 2.69 bits per heavy atom.